The van der Waals surface area contributed by atoms with Gasteiger partial charge in [0.25, 0.3) is 0 Å². The molecule has 0 spiro atoms. The number of rotatable bonds is 56. The van der Waals surface area contributed by atoms with E-state index >= 15 is 0 Å². The molecule has 3 fully saturated rings. The van der Waals surface area contributed by atoms with Crippen molar-refractivity contribution in [3.63, 3.8) is 0 Å². The SMILES string of the molecule is CC/C=C\C/C=C\C/C=C\C/C=C\C/C=C\C/C=C\C/C=C\CCCCCCCCCCCCCCCCCCCC(=O)NC(COC1OC(CO)C(OC2OC(CO)C(OC3OC(CO)C(O)C(O)C3O)C(O)C2O)C(O)C1O)C(O)CCCCCCCCCCCC. The number of ether oxygens (including phenoxy) is 6. The average Bonchev–Trinajstić information content (AvgIpc) is 0.788. The van der Waals surface area contributed by atoms with Crippen LogP contribution in [0, 0.1) is 0 Å². The third kappa shape index (κ3) is 36.7. The first-order valence-corrected chi connectivity index (χ1v) is 36.8. The van der Waals surface area contributed by atoms with Gasteiger partial charge in [-0.05, 0) is 70.6 Å². The van der Waals surface area contributed by atoms with Crippen LogP contribution in [0.4, 0.5) is 0 Å². The van der Waals surface area contributed by atoms with Crippen LogP contribution in [0.1, 0.15) is 251 Å². The summed E-state index contributed by atoms with van der Waals surface area (Å²) in [5, 5.41) is 120. The van der Waals surface area contributed by atoms with E-state index in [0.29, 0.717) is 12.8 Å². The second-order valence-electron chi connectivity index (χ2n) is 26.0. The summed E-state index contributed by atoms with van der Waals surface area (Å²) in [5.41, 5.74) is 0. The van der Waals surface area contributed by atoms with Crippen molar-refractivity contribution in [2.75, 3.05) is 26.4 Å². The van der Waals surface area contributed by atoms with Crippen LogP contribution in [-0.2, 0) is 33.2 Å². The quantitative estimate of drug-likeness (QED) is 0.0199. The Bertz CT molecular complexity index is 2030. The summed E-state index contributed by atoms with van der Waals surface area (Å²) < 4.78 is 34.4. The number of hydrogen-bond donors (Lipinski definition) is 12. The molecule has 0 bridgehead atoms. The fraction of sp³-hybridized carbons (Fsp3) is 0.800. The molecule has 19 heteroatoms. The molecule has 0 aromatic carbocycles. The zero-order valence-electron chi connectivity index (χ0n) is 57.7. The van der Waals surface area contributed by atoms with Crippen molar-refractivity contribution in [2.24, 2.45) is 0 Å². The molecule has 1 amide bonds. The molecule has 3 saturated heterocycles. The van der Waals surface area contributed by atoms with Crippen LogP contribution >= 0.6 is 0 Å². The van der Waals surface area contributed by atoms with Gasteiger partial charge in [-0.3, -0.25) is 4.79 Å². The van der Waals surface area contributed by atoms with Crippen LogP contribution in [0.5, 0.6) is 0 Å². The van der Waals surface area contributed by atoms with Crippen LogP contribution < -0.4 is 5.32 Å². The van der Waals surface area contributed by atoms with Crippen molar-refractivity contribution in [3.8, 4) is 0 Å². The minimum atomic E-state index is -1.97. The fourth-order valence-corrected chi connectivity index (χ4v) is 12.1. The van der Waals surface area contributed by atoms with E-state index in [0.717, 1.165) is 89.9 Å². The van der Waals surface area contributed by atoms with Gasteiger partial charge in [-0.1, -0.05) is 259 Å². The summed E-state index contributed by atoms with van der Waals surface area (Å²) in [5.74, 6) is -0.245. The van der Waals surface area contributed by atoms with E-state index in [2.05, 4.69) is 104 Å². The van der Waals surface area contributed by atoms with Gasteiger partial charge >= 0.3 is 0 Å². The number of allylic oxidation sites excluding steroid dienone is 14. The Labute approximate surface area is 565 Å². The molecule has 94 heavy (non-hydrogen) atoms. The van der Waals surface area contributed by atoms with E-state index in [-0.39, 0.29) is 18.9 Å². The molecular formula is C75H131NO18. The highest BCUT2D eigenvalue weighted by atomic mass is 16.8. The van der Waals surface area contributed by atoms with Gasteiger partial charge in [-0.25, -0.2) is 0 Å². The maximum absolute atomic E-state index is 13.4. The maximum Gasteiger partial charge on any atom is 0.220 e. The second kappa shape index (κ2) is 55.8. The molecule has 0 saturated carbocycles. The van der Waals surface area contributed by atoms with Crippen molar-refractivity contribution >= 4 is 5.91 Å². The molecule has 0 aromatic heterocycles. The van der Waals surface area contributed by atoms with Gasteiger partial charge in [0, 0.05) is 6.42 Å². The van der Waals surface area contributed by atoms with Crippen molar-refractivity contribution in [1.29, 1.82) is 0 Å². The highest BCUT2D eigenvalue weighted by molar-refractivity contribution is 5.76. The lowest BCUT2D eigenvalue weighted by Gasteiger charge is -2.48. The Balaban J connectivity index is 1.28. The van der Waals surface area contributed by atoms with Gasteiger partial charge in [0.2, 0.25) is 5.91 Å². The maximum atomic E-state index is 13.4. The number of hydrogen-bond acceptors (Lipinski definition) is 18. The van der Waals surface area contributed by atoms with E-state index in [1.54, 1.807) is 0 Å². The molecule has 17 atom stereocenters. The summed E-state index contributed by atoms with van der Waals surface area (Å²) in [4.78, 5) is 13.4. The van der Waals surface area contributed by atoms with Crippen molar-refractivity contribution < 1.29 is 89.4 Å². The predicted octanol–water partition coefficient (Wildman–Crippen LogP) is 10.7. The van der Waals surface area contributed by atoms with E-state index in [1.165, 1.54) is 128 Å². The van der Waals surface area contributed by atoms with Gasteiger partial charge < -0.3 is 89.9 Å². The van der Waals surface area contributed by atoms with Gasteiger partial charge in [-0.15, -0.1) is 0 Å². The number of aliphatic hydroxyl groups excluding tert-OH is 11. The lowest BCUT2D eigenvalue weighted by Crippen LogP contribution is -2.66. The van der Waals surface area contributed by atoms with Crippen LogP contribution in [0.25, 0.3) is 0 Å². The second-order valence-corrected chi connectivity index (χ2v) is 26.0. The molecule has 3 rings (SSSR count). The summed E-state index contributed by atoms with van der Waals surface area (Å²) in [6, 6.07) is -0.888. The Morgan fingerprint density at radius 2 is 0.734 bits per heavy atom. The van der Waals surface area contributed by atoms with E-state index < -0.39 is 124 Å². The Kier molecular flexibility index (Phi) is 50.6. The number of aliphatic hydroxyl groups is 11. The minimum absolute atomic E-state index is 0.245. The number of unbranched alkanes of at least 4 members (excludes halogenated alkanes) is 26. The summed E-state index contributed by atoms with van der Waals surface area (Å²) in [6.07, 6.45) is 45.6. The Morgan fingerprint density at radius 3 is 1.15 bits per heavy atom. The average molecular weight is 1330 g/mol. The largest absolute Gasteiger partial charge is 0.394 e. The van der Waals surface area contributed by atoms with Crippen LogP contribution in [0.3, 0.4) is 0 Å². The third-order valence-corrected chi connectivity index (χ3v) is 18.0. The number of carbonyl (C=O) groups is 1. The standard InChI is InChI=1S/C75H131NO18/c1-3-5-7-9-11-13-15-16-17-18-19-20-21-22-23-24-25-26-27-28-29-30-31-32-33-34-35-36-37-38-39-40-41-42-43-45-47-49-51-53-63(81)76-58(59(80)52-50-48-46-44-14-12-10-8-6-4-2)57-89-73-69(87)66(84)71(61(55-78)91-73)94-75-70(88)67(85)72(62(56-79)92-75)93-74-68(86)65(83)64(82)60(54-77)90-74/h5,7,11,13,16-17,19-20,22-23,25-26,28-29,58-62,64-75,77-80,82-88H,3-4,6,8-10,12,14-15,18,21,24,27,30-57H2,1-2H3,(H,76,81)/b7-5-,13-11-,17-16-,20-19-,23-22-,26-25-,29-28-. The van der Waals surface area contributed by atoms with Gasteiger partial charge in [0.15, 0.2) is 18.9 Å². The van der Waals surface area contributed by atoms with Crippen molar-refractivity contribution in [1.82, 2.24) is 5.32 Å². The smallest absolute Gasteiger partial charge is 0.220 e. The van der Waals surface area contributed by atoms with Crippen LogP contribution in [0.2, 0.25) is 0 Å². The lowest BCUT2D eigenvalue weighted by molar-refractivity contribution is -0.379. The van der Waals surface area contributed by atoms with Crippen molar-refractivity contribution in [2.45, 2.75) is 356 Å². The van der Waals surface area contributed by atoms with Gasteiger partial charge in [0.1, 0.15) is 73.2 Å². The minimum Gasteiger partial charge on any atom is -0.394 e. The summed E-state index contributed by atoms with van der Waals surface area (Å²) >= 11 is 0. The number of carbonyl (C=O) groups excluding carboxylic acids is 1. The first-order valence-electron chi connectivity index (χ1n) is 36.8. The highest BCUT2D eigenvalue weighted by Crippen LogP contribution is 2.33. The van der Waals surface area contributed by atoms with Crippen LogP contribution in [-0.4, -0.2) is 193 Å². The lowest BCUT2D eigenvalue weighted by atomic mass is 9.96. The molecular weight excluding hydrogens is 1200 g/mol. The zero-order valence-corrected chi connectivity index (χ0v) is 57.7. The first-order chi connectivity index (χ1) is 45.8. The number of nitrogens with one attached hydrogen (secondary N) is 1. The van der Waals surface area contributed by atoms with E-state index in [1.807, 2.05) is 0 Å². The Morgan fingerprint density at radius 1 is 0.394 bits per heavy atom. The molecule has 0 aromatic rings. The topological polar surface area (TPSA) is 307 Å². The van der Waals surface area contributed by atoms with Gasteiger partial charge in [-0.2, -0.15) is 0 Å². The zero-order chi connectivity index (χ0) is 68.2. The normalized spacial score (nSPS) is 27.9. The summed E-state index contributed by atoms with van der Waals surface area (Å²) in [6.45, 7) is 1.66. The first kappa shape index (κ1) is 85.2. The molecule has 17 unspecified atom stereocenters. The Hall–Kier alpha value is -3.03. The number of amides is 1. The molecule has 12 N–H and O–H groups in total. The van der Waals surface area contributed by atoms with Gasteiger partial charge in [0.05, 0.1) is 38.6 Å². The fourth-order valence-electron chi connectivity index (χ4n) is 12.1. The van der Waals surface area contributed by atoms with E-state index in [9.17, 15) is 61.0 Å². The molecule has 544 valence electrons. The molecule has 0 aliphatic carbocycles. The molecule has 0 radical (unpaired) electrons. The highest BCUT2D eigenvalue weighted by Gasteiger charge is 2.53. The molecule has 3 heterocycles. The van der Waals surface area contributed by atoms with Crippen molar-refractivity contribution in [3.05, 3.63) is 85.1 Å². The molecule has 3 aliphatic heterocycles. The molecule has 3 aliphatic rings. The summed E-state index contributed by atoms with van der Waals surface area (Å²) in [7, 11) is 0. The predicted molar refractivity (Wildman–Crippen MR) is 369 cm³/mol. The molecule has 19 nitrogen and oxygen atoms in total. The van der Waals surface area contributed by atoms with E-state index in [4.69, 9.17) is 28.4 Å². The third-order valence-electron chi connectivity index (χ3n) is 18.0. The monoisotopic (exact) mass is 1330 g/mol. The van der Waals surface area contributed by atoms with Crippen LogP contribution in [0.15, 0.2) is 85.1 Å².